The van der Waals surface area contributed by atoms with E-state index in [2.05, 4.69) is 46.3 Å². The molecule has 2 heterocycles. The second kappa shape index (κ2) is 7.48. The molecule has 0 spiro atoms. The van der Waals surface area contributed by atoms with Crippen LogP contribution in [-0.4, -0.2) is 30.1 Å². The summed E-state index contributed by atoms with van der Waals surface area (Å²) >= 11 is 0. The first-order chi connectivity index (χ1) is 9.79. The number of nitrogens with one attached hydrogen (secondary N) is 1. The van der Waals surface area contributed by atoms with Crippen molar-refractivity contribution in [3.63, 3.8) is 0 Å². The summed E-state index contributed by atoms with van der Waals surface area (Å²) in [5, 5.41) is 3.31. The average Bonchev–Trinajstić information content (AvgIpc) is 2.52. The maximum Gasteiger partial charge on any atom is 0.127 e. The van der Waals surface area contributed by atoms with Crippen LogP contribution in [0.15, 0.2) is 42.7 Å². The first-order valence-electron chi connectivity index (χ1n) is 7.10. The maximum atomic E-state index is 4.35. The fourth-order valence-electron chi connectivity index (χ4n) is 1.96. The molecule has 0 aromatic carbocycles. The Bertz CT molecular complexity index is 513. The fourth-order valence-corrected chi connectivity index (χ4v) is 1.96. The van der Waals surface area contributed by atoms with Crippen molar-refractivity contribution in [3.8, 4) is 0 Å². The minimum absolute atomic E-state index is 0.939. The van der Waals surface area contributed by atoms with Crippen LogP contribution >= 0.6 is 0 Å². The van der Waals surface area contributed by atoms with Crippen LogP contribution in [0.25, 0.3) is 0 Å². The van der Waals surface area contributed by atoms with Gasteiger partial charge in [0.05, 0.1) is 0 Å². The van der Waals surface area contributed by atoms with Crippen molar-refractivity contribution in [1.29, 1.82) is 0 Å². The maximum absolute atomic E-state index is 4.35. The number of aromatic nitrogens is 2. The molecular weight excluding hydrogens is 248 g/mol. The van der Waals surface area contributed by atoms with E-state index < -0.39 is 0 Å². The van der Waals surface area contributed by atoms with E-state index in [-0.39, 0.29) is 0 Å². The summed E-state index contributed by atoms with van der Waals surface area (Å²) in [5.41, 5.74) is 2.30. The van der Waals surface area contributed by atoms with Crippen LogP contribution in [-0.2, 0) is 6.42 Å². The highest BCUT2D eigenvalue weighted by atomic mass is 15.1. The molecular formula is C16H22N4. The predicted molar refractivity (Wildman–Crippen MR) is 84.2 cm³/mol. The molecule has 0 radical (unpaired) electrons. The average molecular weight is 270 g/mol. The van der Waals surface area contributed by atoms with Crippen LogP contribution < -0.4 is 10.2 Å². The van der Waals surface area contributed by atoms with Crippen LogP contribution in [0.3, 0.4) is 0 Å². The quantitative estimate of drug-likeness (QED) is 0.840. The first kappa shape index (κ1) is 14.3. The van der Waals surface area contributed by atoms with Crippen molar-refractivity contribution in [3.05, 3.63) is 48.4 Å². The third kappa shape index (κ3) is 4.23. The van der Waals surface area contributed by atoms with Gasteiger partial charge in [-0.15, -0.1) is 0 Å². The van der Waals surface area contributed by atoms with Crippen molar-refractivity contribution in [2.24, 2.45) is 0 Å². The lowest BCUT2D eigenvalue weighted by Gasteiger charge is -2.19. The van der Waals surface area contributed by atoms with Gasteiger partial charge in [0.15, 0.2) is 0 Å². The molecule has 0 fully saturated rings. The Morgan fingerprint density at radius 1 is 1.15 bits per heavy atom. The predicted octanol–water partition coefficient (Wildman–Crippen LogP) is 2.98. The van der Waals surface area contributed by atoms with Crippen LogP contribution in [0.2, 0.25) is 0 Å². The van der Waals surface area contributed by atoms with Crippen molar-refractivity contribution in [2.45, 2.75) is 19.8 Å². The van der Waals surface area contributed by atoms with E-state index >= 15 is 0 Å². The SMILES string of the molecule is CCCNc1cc(N(C)CCc2ccccn2)ccn1. The van der Waals surface area contributed by atoms with Gasteiger partial charge in [-0.1, -0.05) is 13.0 Å². The number of anilines is 2. The second-order valence-corrected chi connectivity index (χ2v) is 4.82. The summed E-state index contributed by atoms with van der Waals surface area (Å²) in [6, 6.07) is 10.2. The molecule has 0 aliphatic heterocycles. The van der Waals surface area contributed by atoms with Crippen LogP contribution in [0.5, 0.6) is 0 Å². The lowest BCUT2D eigenvalue weighted by molar-refractivity contribution is 0.851. The molecule has 4 heteroatoms. The van der Waals surface area contributed by atoms with Crippen molar-refractivity contribution < 1.29 is 0 Å². The molecule has 2 aromatic heterocycles. The fraction of sp³-hybridized carbons (Fsp3) is 0.375. The first-order valence-corrected chi connectivity index (χ1v) is 7.10. The van der Waals surface area contributed by atoms with Crippen LogP contribution in [0.4, 0.5) is 11.5 Å². The van der Waals surface area contributed by atoms with Gasteiger partial charge in [0, 0.05) is 56.4 Å². The Morgan fingerprint density at radius 2 is 2.05 bits per heavy atom. The molecule has 2 aromatic rings. The smallest absolute Gasteiger partial charge is 0.127 e. The van der Waals surface area contributed by atoms with Gasteiger partial charge in [-0.25, -0.2) is 4.98 Å². The molecule has 0 bridgehead atoms. The van der Waals surface area contributed by atoms with Crippen molar-refractivity contribution >= 4 is 11.5 Å². The summed E-state index contributed by atoms with van der Waals surface area (Å²) in [6.45, 7) is 4.04. The van der Waals surface area contributed by atoms with E-state index in [0.29, 0.717) is 0 Å². The molecule has 0 amide bonds. The van der Waals surface area contributed by atoms with E-state index in [0.717, 1.165) is 37.4 Å². The Morgan fingerprint density at radius 3 is 2.80 bits per heavy atom. The summed E-state index contributed by atoms with van der Waals surface area (Å²) in [5.74, 6) is 0.939. The third-order valence-corrected chi connectivity index (χ3v) is 3.17. The van der Waals surface area contributed by atoms with Gasteiger partial charge in [-0.05, 0) is 24.6 Å². The largest absolute Gasteiger partial charge is 0.374 e. The Hall–Kier alpha value is -2.10. The second-order valence-electron chi connectivity index (χ2n) is 4.82. The highest BCUT2D eigenvalue weighted by Crippen LogP contribution is 2.16. The van der Waals surface area contributed by atoms with E-state index in [9.17, 15) is 0 Å². The molecule has 0 aliphatic carbocycles. The molecule has 106 valence electrons. The molecule has 2 rings (SSSR count). The molecule has 0 atom stereocenters. The number of likely N-dealkylation sites (N-methyl/N-ethyl adjacent to an activating group) is 1. The van der Waals surface area contributed by atoms with Crippen molar-refractivity contribution in [2.75, 3.05) is 30.4 Å². The van der Waals surface area contributed by atoms with Gasteiger partial charge in [0.2, 0.25) is 0 Å². The van der Waals surface area contributed by atoms with E-state index in [1.54, 1.807) is 0 Å². The number of nitrogens with zero attached hydrogens (tertiary/aromatic N) is 3. The summed E-state index contributed by atoms with van der Waals surface area (Å²) in [4.78, 5) is 10.9. The molecule has 0 saturated heterocycles. The topological polar surface area (TPSA) is 41.0 Å². The Balaban J connectivity index is 1.93. The van der Waals surface area contributed by atoms with Gasteiger partial charge in [-0.3, -0.25) is 4.98 Å². The molecule has 4 nitrogen and oxygen atoms in total. The molecule has 1 N–H and O–H groups in total. The highest BCUT2D eigenvalue weighted by molar-refractivity contribution is 5.53. The standard InChI is InChI=1S/C16H22N4/c1-3-9-18-16-13-15(7-11-19-16)20(2)12-8-14-6-4-5-10-17-14/h4-7,10-11,13H,3,8-9,12H2,1-2H3,(H,18,19). The van der Waals surface area contributed by atoms with Crippen LogP contribution in [0, 0.1) is 0 Å². The van der Waals surface area contributed by atoms with Gasteiger partial charge in [-0.2, -0.15) is 0 Å². The van der Waals surface area contributed by atoms with E-state index in [4.69, 9.17) is 0 Å². The van der Waals surface area contributed by atoms with Crippen molar-refractivity contribution in [1.82, 2.24) is 9.97 Å². The normalized spacial score (nSPS) is 10.3. The Kier molecular flexibility index (Phi) is 5.35. The summed E-state index contributed by atoms with van der Waals surface area (Å²) < 4.78 is 0. The van der Waals surface area contributed by atoms with Gasteiger partial charge in [0.1, 0.15) is 5.82 Å². The number of pyridine rings is 2. The third-order valence-electron chi connectivity index (χ3n) is 3.17. The van der Waals surface area contributed by atoms with Gasteiger partial charge >= 0.3 is 0 Å². The lowest BCUT2D eigenvalue weighted by Crippen LogP contribution is -2.20. The highest BCUT2D eigenvalue weighted by Gasteiger charge is 2.03. The van der Waals surface area contributed by atoms with Gasteiger partial charge < -0.3 is 10.2 Å². The molecule has 0 unspecified atom stereocenters. The van der Waals surface area contributed by atoms with Gasteiger partial charge in [0.25, 0.3) is 0 Å². The summed E-state index contributed by atoms with van der Waals surface area (Å²) in [7, 11) is 2.10. The molecule has 0 saturated carbocycles. The van der Waals surface area contributed by atoms with E-state index in [1.807, 2.05) is 30.6 Å². The zero-order valence-electron chi connectivity index (χ0n) is 12.2. The number of hydrogen-bond acceptors (Lipinski definition) is 4. The zero-order chi connectivity index (χ0) is 14.2. The molecule has 0 aliphatic rings. The molecule has 20 heavy (non-hydrogen) atoms. The minimum Gasteiger partial charge on any atom is -0.374 e. The summed E-state index contributed by atoms with van der Waals surface area (Å²) in [6.07, 6.45) is 5.73. The monoisotopic (exact) mass is 270 g/mol. The van der Waals surface area contributed by atoms with Crippen LogP contribution in [0.1, 0.15) is 19.0 Å². The lowest BCUT2D eigenvalue weighted by atomic mass is 10.2. The number of hydrogen-bond donors (Lipinski definition) is 1. The zero-order valence-corrected chi connectivity index (χ0v) is 12.2. The number of rotatable bonds is 7. The minimum atomic E-state index is 0.939. The van der Waals surface area contributed by atoms with E-state index in [1.165, 1.54) is 5.69 Å². The Labute approximate surface area is 120 Å².